The normalized spacial score (nSPS) is 15.0. The summed E-state index contributed by atoms with van der Waals surface area (Å²) in [6.07, 6.45) is 1.92. The van der Waals surface area contributed by atoms with Crippen molar-refractivity contribution in [3.05, 3.63) is 98.5 Å². The topological polar surface area (TPSA) is 75.7 Å². The standard InChI is InChI=1S/C26H20Cl2N2O4/c1-15-21(27)8-5-9-23(15)30-25(32)20(24(31)29-26(30)33)14-16-10-11-19(34-2)13-18(16)12-17-6-3-4-7-22(17)28/h3-11,13-14H,12H2,1-2H3,(H,29,31,33)/b20-14+. The fraction of sp³-hybridized carbons (Fsp3) is 0.115. The Labute approximate surface area is 206 Å². The zero-order valence-corrected chi connectivity index (χ0v) is 19.9. The number of ether oxygens (including phenoxy) is 1. The highest BCUT2D eigenvalue weighted by Crippen LogP contribution is 2.31. The summed E-state index contributed by atoms with van der Waals surface area (Å²) >= 11 is 12.5. The number of carbonyl (C=O) groups excluding carboxylic acids is 3. The minimum absolute atomic E-state index is 0.176. The molecule has 34 heavy (non-hydrogen) atoms. The van der Waals surface area contributed by atoms with E-state index in [0.29, 0.717) is 39.0 Å². The van der Waals surface area contributed by atoms with Gasteiger partial charge in [-0.25, -0.2) is 9.69 Å². The van der Waals surface area contributed by atoms with E-state index < -0.39 is 17.8 Å². The third-order valence-corrected chi connectivity index (χ3v) is 6.35. The Balaban J connectivity index is 1.79. The number of amides is 4. The van der Waals surface area contributed by atoms with Gasteiger partial charge in [0.15, 0.2) is 0 Å². The molecule has 1 fully saturated rings. The number of halogens is 2. The van der Waals surface area contributed by atoms with Crippen molar-refractivity contribution in [1.29, 1.82) is 0 Å². The van der Waals surface area contributed by atoms with Crippen LogP contribution in [0.5, 0.6) is 5.75 Å². The first kappa shape index (κ1) is 23.5. The Hall–Kier alpha value is -3.61. The van der Waals surface area contributed by atoms with Gasteiger partial charge in [0.05, 0.1) is 12.8 Å². The maximum absolute atomic E-state index is 13.3. The highest BCUT2D eigenvalue weighted by Gasteiger charge is 2.37. The van der Waals surface area contributed by atoms with Gasteiger partial charge in [-0.05, 0) is 72.0 Å². The largest absolute Gasteiger partial charge is 0.497 e. The molecule has 4 rings (SSSR count). The Kier molecular flexibility index (Phi) is 6.72. The van der Waals surface area contributed by atoms with Crippen LogP contribution in [0.1, 0.15) is 22.3 Å². The lowest BCUT2D eigenvalue weighted by Crippen LogP contribution is -2.54. The van der Waals surface area contributed by atoms with Crippen LogP contribution in [0.4, 0.5) is 10.5 Å². The average Bonchev–Trinajstić information content (AvgIpc) is 2.81. The molecule has 0 bridgehead atoms. The zero-order valence-electron chi connectivity index (χ0n) is 18.4. The summed E-state index contributed by atoms with van der Waals surface area (Å²) in [6, 6.07) is 16.8. The Morgan fingerprint density at radius 1 is 0.941 bits per heavy atom. The van der Waals surface area contributed by atoms with Crippen molar-refractivity contribution in [2.45, 2.75) is 13.3 Å². The van der Waals surface area contributed by atoms with E-state index in [0.717, 1.165) is 16.0 Å². The predicted octanol–water partition coefficient (Wildman–Crippen LogP) is 5.57. The van der Waals surface area contributed by atoms with Crippen LogP contribution in [0.2, 0.25) is 10.0 Å². The number of rotatable bonds is 5. The molecule has 6 nitrogen and oxygen atoms in total. The molecule has 1 aliphatic heterocycles. The van der Waals surface area contributed by atoms with Crippen LogP contribution >= 0.6 is 23.2 Å². The van der Waals surface area contributed by atoms with E-state index in [1.165, 1.54) is 6.08 Å². The number of barbiturate groups is 1. The number of carbonyl (C=O) groups is 3. The fourth-order valence-corrected chi connectivity index (χ4v) is 4.09. The van der Waals surface area contributed by atoms with Crippen LogP contribution < -0.4 is 15.0 Å². The van der Waals surface area contributed by atoms with Crippen LogP contribution in [0, 0.1) is 6.92 Å². The monoisotopic (exact) mass is 494 g/mol. The second kappa shape index (κ2) is 9.71. The van der Waals surface area contributed by atoms with Gasteiger partial charge in [-0.2, -0.15) is 0 Å². The predicted molar refractivity (Wildman–Crippen MR) is 132 cm³/mol. The molecular formula is C26H20Cl2N2O4. The number of anilines is 1. The smallest absolute Gasteiger partial charge is 0.335 e. The number of methoxy groups -OCH3 is 1. The molecule has 0 atom stereocenters. The van der Waals surface area contributed by atoms with Gasteiger partial charge in [-0.1, -0.05) is 53.5 Å². The van der Waals surface area contributed by atoms with Crippen LogP contribution in [0.25, 0.3) is 6.08 Å². The average molecular weight is 495 g/mol. The lowest BCUT2D eigenvalue weighted by atomic mass is 9.96. The Morgan fingerprint density at radius 3 is 2.41 bits per heavy atom. The van der Waals surface area contributed by atoms with E-state index >= 15 is 0 Å². The highest BCUT2D eigenvalue weighted by molar-refractivity contribution is 6.40. The van der Waals surface area contributed by atoms with E-state index in [2.05, 4.69) is 5.32 Å². The van der Waals surface area contributed by atoms with Gasteiger partial charge < -0.3 is 4.74 Å². The molecular weight excluding hydrogens is 475 g/mol. The third-order valence-electron chi connectivity index (χ3n) is 5.57. The first-order valence-electron chi connectivity index (χ1n) is 10.4. The van der Waals surface area contributed by atoms with Gasteiger partial charge in [0.1, 0.15) is 11.3 Å². The van der Waals surface area contributed by atoms with Gasteiger partial charge in [0, 0.05) is 10.0 Å². The molecule has 0 spiro atoms. The summed E-state index contributed by atoms with van der Waals surface area (Å²) in [7, 11) is 1.56. The highest BCUT2D eigenvalue weighted by atomic mass is 35.5. The molecule has 1 saturated heterocycles. The van der Waals surface area contributed by atoms with Gasteiger partial charge >= 0.3 is 6.03 Å². The number of hydrogen-bond donors (Lipinski definition) is 1. The number of imide groups is 2. The summed E-state index contributed by atoms with van der Waals surface area (Å²) in [5, 5.41) is 3.25. The number of nitrogens with one attached hydrogen (secondary N) is 1. The molecule has 0 aliphatic carbocycles. The van der Waals surface area contributed by atoms with Crippen molar-refractivity contribution >= 4 is 52.8 Å². The molecule has 1 heterocycles. The van der Waals surface area contributed by atoms with Gasteiger partial charge in [0.2, 0.25) is 0 Å². The number of benzene rings is 3. The van der Waals surface area contributed by atoms with E-state index in [9.17, 15) is 14.4 Å². The van der Waals surface area contributed by atoms with Crippen molar-refractivity contribution in [2.75, 3.05) is 12.0 Å². The molecule has 1 N–H and O–H groups in total. The minimum Gasteiger partial charge on any atom is -0.497 e. The fourth-order valence-electron chi connectivity index (χ4n) is 3.72. The lowest BCUT2D eigenvalue weighted by Gasteiger charge is -2.28. The van der Waals surface area contributed by atoms with E-state index in [1.807, 2.05) is 24.3 Å². The maximum atomic E-state index is 13.3. The van der Waals surface area contributed by atoms with Crippen molar-refractivity contribution in [1.82, 2.24) is 5.32 Å². The van der Waals surface area contributed by atoms with E-state index in [-0.39, 0.29) is 5.57 Å². The quantitative estimate of drug-likeness (QED) is 0.371. The second-order valence-electron chi connectivity index (χ2n) is 7.67. The molecule has 0 aromatic heterocycles. The van der Waals surface area contributed by atoms with Crippen LogP contribution in [0.15, 0.2) is 66.2 Å². The van der Waals surface area contributed by atoms with Gasteiger partial charge in [-0.3, -0.25) is 14.9 Å². The Bertz CT molecular complexity index is 1350. The van der Waals surface area contributed by atoms with Crippen LogP contribution in [0.3, 0.4) is 0 Å². The number of nitrogens with zero attached hydrogens (tertiary/aromatic N) is 1. The second-order valence-corrected chi connectivity index (χ2v) is 8.49. The van der Waals surface area contributed by atoms with Crippen molar-refractivity contribution < 1.29 is 19.1 Å². The molecule has 3 aromatic rings. The van der Waals surface area contributed by atoms with E-state index in [1.54, 1.807) is 50.4 Å². The summed E-state index contributed by atoms with van der Waals surface area (Å²) < 4.78 is 5.36. The molecule has 172 valence electrons. The minimum atomic E-state index is -0.830. The van der Waals surface area contributed by atoms with E-state index in [4.69, 9.17) is 27.9 Å². The first-order chi connectivity index (χ1) is 16.3. The first-order valence-corrected chi connectivity index (χ1v) is 11.1. The summed E-state index contributed by atoms with van der Waals surface area (Å²) in [5.41, 5.74) is 2.97. The Morgan fingerprint density at radius 2 is 1.68 bits per heavy atom. The molecule has 0 unspecified atom stereocenters. The molecule has 3 aromatic carbocycles. The van der Waals surface area contributed by atoms with Crippen molar-refractivity contribution in [3.63, 3.8) is 0 Å². The SMILES string of the molecule is COc1ccc(/C=C2\C(=O)NC(=O)N(c3cccc(Cl)c3C)C2=O)c(Cc2ccccc2Cl)c1. The summed E-state index contributed by atoms with van der Waals surface area (Å²) in [6.45, 7) is 1.70. The summed E-state index contributed by atoms with van der Waals surface area (Å²) in [5.74, 6) is -0.890. The zero-order chi connectivity index (χ0) is 24.4. The number of hydrogen-bond acceptors (Lipinski definition) is 4. The summed E-state index contributed by atoms with van der Waals surface area (Å²) in [4.78, 5) is 39.5. The van der Waals surface area contributed by atoms with Crippen molar-refractivity contribution in [3.8, 4) is 5.75 Å². The molecule has 0 saturated carbocycles. The van der Waals surface area contributed by atoms with Gasteiger partial charge in [0.25, 0.3) is 11.8 Å². The molecule has 1 aliphatic rings. The molecule has 8 heteroatoms. The molecule has 4 amide bonds. The lowest BCUT2D eigenvalue weighted by molar-refractivity contribution is -0.122. The van der Waals surface area contributed by atoms with Crippen LogP contribution in [-0.4, -0.2) is 25.0 Å². The number of urea groups is 1. The van der Waals surface area contributed by atoms with Gasteiger partial charge in [-0.15, -0.1) is 0 Å². The maximum Gasteiger partial charge on any atom is 0.335 e. The van der Waals surface area contributed by atoms with Crippen molar-refractivity contribution in [2.24, 2.45) is 0 Å². The molecule has 0 radical (unpaired) electrons. The van der Waals surface area contributed by atoms with Crippen LogP contribution in [-0.2, 0) is 16.0 Å². The third kappa shape index (κ3) is 4.55.